The molecule has 2 rings (SSSR count). The number of methoxy groups -OCH3 is 1. The maximum absolute atomic E-state index is 12.3. The zero-order valence-electron chi connectivity index (χ0n) is 15.4. The Morgan fingerprint density at radius 2 is 1.81 bits per heavy atom. The molecular weight excluding hydrogens is 368 g/mol. The average molecular weight is 390 g/mol. The highest BCUT2D eigenvalue weighted by molar-refractivity contribution is 7.92. The summed E-state index contributed by atoms with van der Waals surface area (Å²) in [6.07, 6.45) is 0.981. The Labute approximate surface area is 159 Å². The topological polar surface area (TPSA) is 92.8 Å². The molecule has 0 bridgehead atoms. The Hall–Kier alpha value is -2.87. The lowest BCUT2D eigenvalue weighted by molar-refractivity contribution is -0.119. The molecule has 1 N–H and O–H groups in total. The van der Waals surface area contributed by atoms with E-state index in [0.717, 1.165) is 21.7 Å². The van der Waals surface area contributed by atoms with Crippen molar-refractivity contribution in [3.05, 3.63) is 65.2 Å². The lowest BCUT2D eigenvalue weighted by atomic mass is 10.1. The first-order valence-corrected chi connectivity index (χ1v) is 10.0. The predicted octanol–water partition coefficient (Wildman–Crippen LogP) is 1.86. The molecule has 27 heavy (non-hydrogen) atoms. The largest absolute Gasteiger partial charge is 0.465 e. The van der Waals surface area contributed by atoms with Crippen LogP contribution in [-0.2, 0) is 26.1 Å². The molecule has 0 aliphatic carbocycles. The van der Waals surface area contributed by atoms with Crippen LogP contribution in [0.25, 0.3) is 0 Å². The molecule has 0 atom stereocenters. The first-order chi connectivity index (χ1) is 12.7. The molecule has 144 valence electrons. The summed E-state index contributed by atoms with van der Waals surface area (Å²) in [5.74, 6) is -1.17. The third-order valence-electron chi connectivity index (χ3n) is 3.84. The normalized spacial score (nSPS) is 10.9. The van der Waals surface area contributed by atoms with Crippen LogP contribution in [0.5, 0.6) is 0 Å². The van der Waals surface area contributed by atoms with Gasteiger partial charge in [-0.15, -0.1) is 0 Å². The predicted molar refractivity (Wildman–Crippen MR) is 103 cm³/mol. The molecule has 0 saturated heterocycles. The molecule has 2 aromatic rings. The maximum Gasteiger partial charge on any atom is 0.340 e. The lowest BCUT2D eigenvalue weighted by Crippen LogP contribution is -2.40. The molecule has 7 nitrogen and oxygen atoms in total. The van der Waals surface area contributed by atoms with Gasteiger partial charge in [0.15, 0.2) is 0 Å². The molecule has 0 aliphatic rings. The Morgan fingerprint density at radius 1 is 1.11 bits per heavy atom. The van der Waals surface area contributed by atoms with E-state index in [1.165, 1.54) is 19.2 Å². The van der Waals surface area contributed by atoms with Crippen molar-refractivity contribution in [2.45, 2.75) is 13.5 Å². The molecule has 0 aromatic heterocycles. The Kier molecular flexibility index (Phi) is 6.57. The van der Waals surface area contributed by atoms with E-state index < -0.39 is 28.4 Å². The molecule has 0 radical (unpaired) electrons. The number of anilines is 1. The number of aryl methyl sites for hydroxylation is 1. The number of sulfonamides is 1. The minimum absolute atomic E-state index is 0.0666. The summed E-state index contributed by atoms with van der Waals surface area (Å²) in [4.78, 5) is 24.3. The van der Waals surface area contributed by atoms with Gasteiger partial charge in [0.05, 0.1) is 24.6 Å². The second-order valence-electron chi connectivity index (χ2n) is 6.04. The first kappa shape index (κ1) is 20.4. The van der Waals surface area contributed by atoms with Crippen molar-refractivity contribution in [3.8, 4) is 0 Å². The lowest BCUT2D eigenvalue weighted by Gasteiger charge is -2.23. The van der Waals surface area contributed by atoms with Gasteiger partial charge >= 0.3 is 5.97 Å². The Balaban J connectivity index is 2.21. The molecule has 0 aliphatic heterocycles. The van der Waals surface area contributed by atoms with Crippen LogP contribution < -0.4 is 9.62 Å². The van der Waals surface area contributed by atoms with Crippen molar-refractivity contribution in [2.75, 3.05) is 24.2 Å². The van der Waals surface area contributed by atoms with Gasteiger partial charge in [-0.2, -0.15) is 0 Å². The number of para-hydroxylation sites is 1. The fourth-order valence-electron chi connectivity index (χ4n) is 2.56. The molecule has 0 unspecified atom stereocenters. The minimum Gasteiger partial charge on any atom is -0.465 e. The van der Waals surface area contributed by atoms with E-state index in [4.69, 9.17) is 4.74 Å². The fraction of sp³-hybridized carbons (Fsp3) is 0.263. The summed E-state index contributed by atoms with van der Waals surface area (Å²) in [5.41, 5.74) is 2.13. The summed E-state index contributed by atoms with van der Waals surface area (Å²) >= 11 is 0. The highest BCUT2D eigenvalue weighted by Crippen LogP contribution is 2.23. The fourth-order valence-corrected chi connectivity index (χ4v) is 3.43. The third kappa shape index (κ3) is 5.55. The number of amides is 1. The summed E-state index contributed by atoms with van der Waals surface area (Å²) < 4.78 is 30.1. The van der Waals surface area contributed by atoms with Crippen molar-refractivity contribution in [1.82, 2.24) is 5.32 Å². The first-order valence-electron chi connectivity index (χ1n) is 8.19. The van der Waals surface area contributed by atoms with Crippen LogP contribution in [0.15, 0.2) is 48.5 Å². The second-order valence-corrected chi connectivity index (χ2v) is 7.95. The van der Waals surface area contributed by atoms with Gasteiger partial charge in [-0.1, -0.05) is 42.0 Å². The number of esters is 1. The number of nitrogens with zero attached hydrogens (tertiary/aromatic N) is 1. The highest BCUT2D eigenvalue weighted by atomic mass is 32.2. The van der Waals surface area contributed by atoms with Crippen molar-refractivity contribution in [1.29, 1.82) is 0 Å². The Bertz CT molecular complexity index is 941. The van der Waals surface area contributed by atoms with Crippen LogP contribution in [0.3, 0.4) is 0 Å². The quantitative estimate of drug-likeness (QED) is 0.729. The molecular formula is C19H22N2O5S. The van der Waals surface area contributed by atoms with Gasteiger partial charge in [0.1, 0.15) is 6.54 Å². The van der Waals surface area contributed by atoms with Gasteiger partial charge in [-0.25, -0.2) is 13.2 Å². The zero-order chi connectivity index (χ0) is 20.0. The van der Waals surface area contributed by atoms with Gasteiger partial charge < -0.3 is 10.1 Å². The average Bonchev–Trinajstić information content (AvgIpc) is 2.63. The number of rotatable bonds is 7. The SMILES string of the molecule is COC(=O)c1ccccc1N(CC(=O)NCc1cccc(C)c1)S(C)(=O)=O. The van der Waals surface area contributed by atoms with Gasteiger partial charge in [-0.05, 0) is 24.6 Å². The van der Waals surface area contributed by atoms with Crippen LogP contribution in [-0.4, -0.2) is 40.2 Å². The van der Waals surface area contributed by atoms with Crippen LogP contribution >= 0.6 is 0 Å². The van der Waals surface area contributed by atoms with E-state index in [0.29, 0.717) is 0 Å². The number of benzene rings is 2. The van der Waals surface area contributed by atoms with Gasteiger partial charge in [-0.3, -0.25) is 9.10 Å². The maximum atomic E-state index is 12.3. The molecule has 0 fully saturated rings. The van der Waals surface area contributed by atoms with Crippen molar-refractivity contribution >= 4 is 27.6 Å². The number of nitrogens with one attached hydrogen (secondary N) is 1. The van der Waals surface area contributed by atoms with Crippen LogP contribution in [0.2, 0.25) is 0 Å². The molecule has 8 heteroatoms. The van der Waals surface area contributed by atoms with E-state index in [9.17, 15) is 18.0 Å². The highest BCUT2D eigenvalue weighted by Gasteiger charge is 2.25. The molecule has 0 saturated carbocycles. The Morgan fingerprint density at radius 3 is 2.44 bits per heavy atom. The van der Waals surface area contributed by atoms with E-state index in [1.807, 2.05) is 31.2 Å². The van der Waals surface area contributed by atoms with Crippen molar-refractivity contribution in [2.24, 2.45) is 0 Å². The van der Waals surface area contributed by atoms with E-state index >= 15 is 0 Å². The van der Waals surface area contributed by atoms with Crippen molar-refractivity contribution < 1.29 is 22.7 Å². The third-order valence-corrected chi connectivity index (χ3v) is 4.96. The second kappa shape index (κ2) is 8.68. The van der Waals surface area contributed by atoms with E-state index in [2.05, 4.69) is 5.32 Å². The number of carbonyl (C=O) groups excluding carboxylic acids is 2. The standard InChI is InChI=1S/C19H22N2O5S/c1-14-7-6-8-15(11-14)12-20-18(22)13-21(27(3,24)25)17-10-5-4-9-16(17)19(23)26-2/h4-11H,12-13H2,1-3H3,(H,20,22). The van der Waals surface area contributed by atoms with Crippen LogP contribution in [0.4, 0.5) is 5.69 Å². The van der Waals surface area contributed by atoms with Crippen LogP contribution in [0, 0.1) is 6.92 Å². The summed E-state index contributed by atoms with van der Waals surface area (Å²) in [5, 5.41) is 2.70. The summed E-state index contributed by atoms with van der Waals surface area (Å²) in [6, 6.07) is 13.7. The summed E-state index contributed by atoms with van der Waals surface area (Å²) in [7, 11) is -2.60. The smallest absolute Gasteiger partial charge is 0.340 e. The van der Waals surface area contributed by atoms with Gasteiger partial charge in [0.2, 0.25) is 15.9 Å². The number of ether oxygens (including phenoxy) is 1. The van der Waals surface area contributed by atoms with E-state index in [-0.39, 0.29) is 17.8 Å². The molecule has 0 spiro atoms. The van der Waals surface area contributed by atoms with Crippen LogP contribution in [0.1, 0.15) is 21.5 Å². The zero-order valence-corrected chi connectivity index (χ0v) is 16.2. The number of hydrogen-bond acceptors (Lipinski definition) is 5. The number of carbonyl (C=O) groups is 2. The minimum atomic E-state index is -3.80. The molecule has 0 heterocycles. The summed E-state index contributed by atoms with van der Waals surface area (Å²) in [6.45, 7) is 1.77. The van der Waals surface area contributed by atoms with Gasteiger partial charge in [0, 0.05) is 6.54 Å². The molecule has 1 amide bonds. The van der Waals surface area contributed by atoms with E-state index in [1.54, 1.807) is 12.1 Å². The number of hydrogen-bond donors (Lipinski definition) is 1. The molecule has 2 aromatic carbocycles. The monoisotopic (exact) mass is 390 g/mol. The van der Waals surface area contributed by atoms with Gasteiger partial charge in [0.25, 0.3) is 0 Å². The van der Waals surface area contributed by atoms with Crippen molar-refractivity contribution in [3.63, 3.8) is 0 Å².